The maximum absolute atomic E-state index is 11.4. The number of nitrogens with zero attached hydrogens (tertiary/aromatic N) is 1. The standard InChI is InChI=1S/C12H13NO4/c1-8-4-2-3-5-9(8)10-7-17-12(16)13(10)6-11(14)15/h2-5,10H,6-7H2,1H3,(H,14,15). The number of carbonyl (C=O) groups is 2. The number of carbonyl (C=O) groups excluding carboxylic acids is 1. The molecule has 1 saturated heterocycles. The Morgan fingerprint density at radius 2 is 2.24 bits per heavy atom. The largest absolute Gasteiger partial charge is 0.480 e. The molecule has 1 N–H and O–H groups in total. The summed E-state index contributed by atoms with van der Waals surface area (Å²) in [6, 6.07) is 7.27. The lowest BCUT2D eigenvalue weighted by Crippen LogP contribution is -2.33. The summed E-state index contributed by atoms with van der Waals surface area (Å²) in [5.74, 6) is -1.04. The van der Waals surface area contributed by atoms with Gasteiger partial charge in [-0.3, -0.25) is 9.69 Å². The zero-order valence-corrected chi connectivity index (χ0v) is 9.42. The number of hydrogen-bond donors (Lipinski definition) is 1. The predicted octanol–water partition coefficient (Wildman–Crippen LogP) is 1.57. The van der Waals surface area contributed by atoms with Gasteiger partial charge in [0, 0.05) is 0 Å². The lowest BCUT2D eigenvalue weighted by molar-refractivity contribution is -0.137. The lowest BCUT2D eigenvalue weighted by atomic mass is 10.0. The molecule has 1 heterocycles. The van der Waals surface area contributed by atoms with Crippen molar-refractivity contribution in [1.29, 1.82) is 0 Å². The minimum absolute atomic E-state index is 0.205. The van der Waals surface area contributed by atoms with Crippen molar-refractivity contribution in [3.63, 3.8) is 0 Å². The monoisotopic (exact) mass is 235 g/mol. The van der Waals surface area contributed by atoms with E-state index in [1.165, 1.54) is 4.90 Å². The summed E-state index contributed by atoms with van der Waals surface area (Å²) in [4.78, 5) is 23.4. The van der Waals surface area contributed by atoms with Crippen LogP contribution in [0.1, 0.15) is 17.2 Å². The Bertz CT molecular complexity index is 458. The van der Waals surface area contributed by atoms with E-state index in [0.717, 1.165) is 11.1 Å². The van der Waals surface area contributed by atoms with Crippen molar-refractivity contribution in [2.24, 2.45) is 0 Å². The van der Waals surface area contributed by atoms with E-state index >= 15 is 0 Å². The highest BCUT2D eigenvalue weighted by molar-refractivity contribution is 5.78. The molecule has 0 saturated carbocycles. The third kappa shape index (κ3) is 2.22. The van der Waals surface area contributed by atoms with Gasteiger partial charge in [0.15, 0.2) is 0 Å². The molecule has 1 aliphatic heterocycles. The third-order valence-corrected chi connectivity index (χ3v) is 2.83. The summed E-state index contributed by atoms with van der Waals surface area (Å²) in [6.45, 7) is 1.80. The minimum atomic E-state index is -1.04. The molecule has 0 aliphatic carbocycles. The summed E-state index contributed by atoms with van der Waals surface area (Å²) in [5, 5.41) is 8.78. The molecule has 1 atom stereocenters. The minimum Gasteiger partial charge on any atom is -0.480 e. The topological polar surface area (TPSA) is 66.8 Å². The Morgan fingerprint density at radius 1 is 1.53 bits per heavy atom. The number of carboxylic acids is 1. The van der Waals surface area contributed by atoms with Gasteiger partial charge in [0.05, 0.1) is 6.04 Å². The van der Waals surface area contributed by atoms with Crippen LogP contribution in [0, 0.1) is 6.92 Å². The maximum atomic E-state index is 11.4. The highest BCUT2D eigenvalue weighted by Crippen LogP contribution is 2.29. The zero-order valence-electron chi connectivity index (χ0n) is 9.42. The van der Waals surface area contributed by atoms with Crippen LogP contribution < -0.4 is 0 Å². The van der Waals surface area contributed by atoms with Gasteiger partial charge in [-0.15, -0.1) is 0 Å². The second kappa shape index (κ2) is 4.45. The molecule has 5 nitrogen and oxygen atoms in total. The van der Waals surface area contributed by atoms with E-state index in [1.54, 1.807) is 0 Å². The summed E-state index contributed by atoms with van der Waals surface area (Å²) in [6.07, 6.45) is -0.569. The van der Waals surface area contributed by atoms with Gasteiger partial charge in [0.2, 0.25) is 0 Å². The molecule has 90 valence electrons. The van der Waals surface area contributed by atoms with Crippen molar-refractivity contribution in [2.45, 2.75) is 13.0 Å². The molecule has 1 aromatic rings. The van der Waals surface area contributed by atoms with Crippen LogP contribution in [0.25, 0.3) is 0 Å². The average Bonchev–Trinajstić information content (AvgIpc) is 2.61. The van der Waals surface area contributed by atoms with Crippen molar-refractivity contribution in [1.82, 2.24) is 4.90 Å². The molecule has 1 fully saturated rings. The van der Waals surface area contributed by atoms with Crippen LogP contribution in [0.3, 0.4) is 0 Å². The molecule has 2 rings (SSSR count). The first kappa shape index (κ1) is 11.4. The Hall–Kier alpha value is -2.04. The molecule has 1 unspecified atom stereocenters. The van der Waals surface area contributed by atoms with Crippen LogP contribution in [0.5, 0.6) is 0 Å². The second-order valence-electron chi connectivity index (χ2n) is 3.97. The van der Waals surface area contributed by atoms with E-state index in [4.69, 9.17) is 9.84 Å². The van der Waals surface area contributed by atoms with Crippen LogP contribution in [0.2, 0.25) is 0 Å². The number of carboxylic acid groups (broad SMARTS) is 1. The summed E-state index contributed by atoms with van der Waals surface area (Å²) < 4.78 is 4.91. The molecular weight excluding hydrogens is 222 g/mol. The van der Waals surface area contributed by atoms with E-state index in [2.05, 4.69) is 0 Å². The van der Waals surface area contributed by atoms with Crippen LogP contribution in [-0.2, 0) is 9.53 Å². The summed E-state index contributed by atoms with van der Waals surface area (Å²) >= 11 is 0. The van der Waals surface area contributed by atoms with Gasteiger partial charge in [0.25, 0.3) is 0 Å². The Balaban J connectivity index is 2.28. The number of aryl methyl sites for hydroxylation is 1. The molecule has 1 amide bonds. The highest BCUT2D eigenvalue weighted by Gasteiger charge is 2.35. The first-order valence-corrected chi connectivity index (χ1v) is 5.30. The fourth-order valence-electron chi connectivity index (χ4n) is 1.99. The van der Waals surface area contributed by atoms with Gasteiger partial charge in [-0.05, 0) is 18.1 Å². The third-order valence-electron chi connectivity index (χ3n) is 2.83. The normalized spacial score (nSPS) is 19.2. The fourth-order valence-corrected chi connectivity index (χ4v) is 1.99. The quantitative estimate of drug-likeness (QED) is 0.863. The first-order chi connectivity index (χ1) is 8.09. The van der Waals surface area contributed by atoms with Gasteiger partial charge in [-0.25, -0.2) is 4.79 Å². The number of rotatable bonds is 3. The lowest BCUT2D eigenvalue weighted by Gasteiger charge is -2.21. The van der Waals surface area contributed by atoms with Gasteiger partial charge in [-0.2, -0.15) is 0 Å². The number of benzene rings is 1. The van der Waals surface area contributed by atoms with Crippen molar-refractivity contribution in [3.05, 3.63) is 35.4 Å². The van der Waals surface area contributed by atoms with E-state index in [9.17, 15) is 9.59 Å². The molecule has 0 spiro atoms. The number of hydrogen-bond acceptors (Lipinski definition) is 3. The number of amides is 1. The van der Waals surface area contributed by atoms with Crippen LogP contribution in [-0.4, -0.2) is 35.2 Å². The van der Waals surface area contributed by atoms with Gasteiger partial charge < -0.3 is 9.84 Å². The fraction of sp³-hybridized carbons (Fsp3) is 0.333. The van der Waals surface area contributed by atoms with Gasteiger partial charge >= 0.3 is 12.1 Å². The Morgan fingerprint density at radius 3 is 2.88 bits per heavy atom. The second-order valence-corrected chi connectivity index (χ2v) is 3.97. The first-order valence-electron chi connectivity index (χ1n) is 5.30. The maximum Gasteiger partial charge on any atom is 0.411 e. The number of cyclic esters (lactones) is 1. The molecule has 0 aromatic heterocycles. The number of aliphatic carboxylic acids is 1. The molecular formula is C12H13NO4. The van der Waals surface area contributed by atoms with Crippen LogP contribution >= 0.6 is 0 Å². The van der Waals surface area contributed by atoms with E-state index in [0.29, 0.717) is 0 Å². The Labute approximate surface area is 98.6 Å². The van der Waals surface area contributed by atoms with E-state index in [-0.39, 0.29) is 19.2 Å². The smallest absolute Gasteiger partial charge is 0.411 e. The van der Waals surface area contributed by atoms with Gasteiger partial charge in [0.1, 0.15) is 13.2 Å². The van der Waals surface area contributed by atoms with Crippen molar-refractivity contribution < 1.29 is 19.4 Å². The molecule has 1 aliphatic rings. The van der Waals surface area contributed by atoms with Crippen molar-refractivity contribution in [2.75, 3.05) is 13.2 Å². The predicted molar refractivity (Wildman–Crippen MR) is 59.6 cm³/mol. The molecule has 0 bridgehead atoms. The zero-order chi connectivity index (χ0) is 12.4. The van der Waals surface area contributed by atoms with Crippen molar-refractivity contribution in [3.8, 4) is 0 Å². The van der Waals surface area contributed by atoms with Crippen LogP contribution in [0.4, 0.5) is 4.79 Å². The molecule has 0 radical (unpaired) electrons. The van der Waals surface area contributed by atoms with E-state index < -0.39 is 12.1 Å². The van der Waals surface area contributed by atoms with E-state index in [1.807, 2.05) is 31.2 Å². The molecule has 1 aromatic carbocycles. The number of ether oxygens (including phenoxy) is 1. The van der Waals surface area contributed by atoms with Crippen LogP contribution in [0.15, 0.2) is 24.3 Å². The summed E-state index contributed by atoms with van der Waals surface area (Å²) in [7, 11) is 0. The molecule has 5 heteroatoms. The van der Waals surface area contributed by atoms with Gasteiger partial charge in [-0.1, -0.05) is 24.3 Å². The highest BCUT2D eigenvalue weighted by atomic mass is 16.6. The average molecular weight is 235 g/mol. The SMILES string of the molecule is Cc1ccccc1C1COC(=O)N1CC(=O)O. The molecule has 17 heavy (non-hydrogen) atoms. The van der Waals surface area contributed by atoms with Crippen molar-refractivity contribution >= 4 is 12.1 Å². The Kier molecular flexibility index (Phi) is 2.99. The summed E-state index contributed by atoms with van der Waals surface area (Å²) in [5.41, 5.74) is 1.95.